The Hall–Kier alpha value is -2.55. The zero-order chi connectivity index (χ0) is 23.0. The first-order valence-corrected chi connectivity index (χ1v) is 12.4. The molecule has 168 valence electrons. The summed E-state index contributed by atoms with van der Waals surface area (Å²) in [6.45, 7) is 4.19. The standard InChI is InChI=1S/C22H22Cl2N4O3S/c1-14-19(15(2)28(26-14)18-7-8-20(23)21(24)12-18)13-22(29)25-16-5-3-6-17(11-16)27-9-4-10-32(27,30)31/h3,5-8,11-12H,4,9-10,13H2,1-2H3,(H,25,29). The van der Waals surface area contributed by atoms with E-state index in [9.17, 15) is 13.2 Å². The van der Waals surface area contributed by atoms with E-state index in [-0.39, 0.29) is 18.1 Å². The van der Waals surface area contributed by atoms with Gasteiger partial charge in [0.25, 0.3) is 0 Å². The summed E-state index contributed by atoms with van der Waals surface area (Å²) < 4.78 is 27.5. The van der Waals surface area contributed by atoms with E-state index in [1.54, 1.807) is 41.1 Å². The predicted molar refractivity (Wildman–Crippen MR) is 128 cm³/mol. The molecule has 0 aliphatic carbocycles. The Labute approximate surface area is 197 Å². The molecule has 0 radical (unpaired) electrons. The average Bonchev–Trinajstić information content (AvgIpc) is 3.23. The number of halogens is 2. The van der Waals surface area contributed by atoms with E-state index < -0.39 is 10.0 Å². The number of aryl methyl sites for hydroxylation is 1. The SMILES string of the molecule is Cc1nn(-c2ccc(Cl)c(Cl)c2)c(C)c1CC(=O)Nc1cccc(N2CCCS2(=O)=O)c1. The summed E-state index contributed by atoms with van der Waals surface area (Å²) in [5, 5.41) is 8.31. The molecule has 0 bridgehead atoms. The van der Waals surface area contributed by atoms with Crippen molar-refractivity contribution in [1.29, 1.82) is 0 Å². The van der Waals surface area contributed by atoms with Gasteiger partial charge in [0.05, 0.1) is 39.3 Å². The maximum Gasteiger partial charge on any atom is 0.235 e. The lowest BCUT2D eigenvalue weighted by atomic mass is 10.1. The number of aromatic nitrogens is 2. The molecule has 0 atom stereocenters. The van der Waals surface area contributed by atoms with Crippen molar-refractivity contribution >= 4 is 50.5 Å². The van der Waals surface area contributed by atoms with E-state index >= 15 is 0 Å². The maximum atomic E-state index is 12.8. The van der Waals surface area contributed by atoms with E-state index in [1.807, 2.05) is 19.9 Å². The smallest absolute Gasteiger partial charge is 0.235 e. The highest BCUT2D eigenvalue weighted by Gasteiger charge is 2.28. The van der Waals surface area contributed by atoms with Gasteiger partial charge < -0.3 is 5.32 Å². The van der Waals surface area contributed by atoms with Crippen molar-refractivity contribution in [3.8, 4) is 5.69 Å². The van der Waals surface area contributed by atoms with Crippen LogP contribution in [-0.2, 0) is 21.2 Å². The highest BCUT2D eigenvalue weighted by atomic mass is 35.5. The molecule has 1 fully saturated rings. The highest BCUT2D eigenvalue weighted by molar-refractivity contribution is 7.93. The summed E-state index contributed by atoms with van der Waals surface area (Å²) in [6.07, 6.45) is 0.728. The Balaban J connectivity index is 1.52. The fraction of sp³-hybridized carbons (Fsp3) is 0.273. The van der Waals surface area contributed by atoms with Crippen LogP contribution < -0.4 is 9.62 Å². The van der Waals surface area contributed by atoms with Crippen LogP contribution >= 0.6 is 23.2 Å². The van der Waals surface area contributed by atoms with Crippen LogP contribution in [0.2, 0.25) is 10.0 Å². The number of amides is 1. The Bertz CT molecular complexity index is 1300. The zero-order valence-electron chi connectivity index (χ0n) is 17.6. The number of benzene rings is 2. The van der Waals surface area contributed by atoms with Crippen molar-refractivity contribution in [2.45, 2.75) is 26.7 Å². The zero-order valence-corrected chi connectivity index (χ0v) is 19.9. The van der Waals surface area contributed by atoms with Crippen LogP contribution in [0.4, 0.5) is 11.4 Å². The molecule has 1 saturated heterocycles. The van der Waals surface area contributed by atoms with E-state index in [1.165, 1.54) is 4.31 Å². The molecule has 0 unspecified atom stereocenters. The number of nitrogens with one attached hydrogen (secondary N) is 1. The Morgan fingerprint density at radius 1 is 1.09 bits per heavy atom. The molecule has 3 aromatic rings. The summed E-state index contributed by atoms with van der Waals surface area (Å²) in [5.74, 6) is -0.0726. The molecule has 2 heterocycles. The summed E-state index contributed by atoms with van der Waals surface area (Å²) in [4.78, 5) is 12.8. The molecule has 1 N–H and O–H groups in total. The van der Waals surface area contributed by atoms with E-state index in [2.05, 4.69) is 10.4 Å². The average molecular weight is 493 g/mol. The molecule has 1 aromatic heterocycles. The van der Waals surface area contributed by atoms with Gasteiger partial charge in [-0.25, -0.2) is 13.1 Å². The van der Waals surface area contributed by atoms with Crippen molar-refractivity contribution in [2.24, 2.45) is 0 Å². The van der Waals surface area contributed by atoms with Gasteiger partial charge >= 0.3 is 0 Å². The summed E-state index contributed by atoms with van der Waals surface area (Å²) >= 11 is 12.1. The monoisotopic (exact) mass is 492 g/mol. The van der Waals surface area contributed by atoms with Gasteiger partial charge in [0.2, 0.25) is 15.9 Å². The topological polar surface area (TPSA) is 84.3 Å². The van der Waals surface area contributed by atoms with Crippen LogP contribution in [0.5, 0.6) is 0 Å². The lowest BCUT2D eigenvalue weighted by Crippen LogP contribution is -2.25. The minimum Gasteiger partial charge on any atom is -0.326 e. The fourth-order valence-corrected chi connectivity index (χ4v) is 5.68. The van der Waals surface area contributed by atoms with Gasteiger partial charge in [0, 0.05) is 23.5 Å². The Morgan fingerprint density at radius 3 is 2.56 bits per heavy atom. The van der Waals surface area contributed by atoms with Crippen LogP contribution in [0.25, 0.3) is 5.69 Å². The molecule has 10 heteroatoms. The third-order valence-electron chi connectivity index (χ3n) is 5.44. The lowest BCUT2D eigenvalue weighted by molar-refractivity contribution is -0.115. The van der Waals surface area contributed by atoms with Gasteiger partial charge in [0.1, 0.15) is 0 Å². The van der Waals surface area contributed by atoms with Crippen molar-refractivity contribution < 1.29 is 13.2 Å². The molecule has 0 spiro atoms. The molecule has 1 aliphatic rings. The quantitative estimate of drug-likeness (QED) is 0.567. The number of carbonyl (C=O) groups excluding carboxylic acids is 1. The number of rotatable bonds is 5. The molecule has 7 nitrogen and oxygen atoms in total. The van der Waals surface area contributed by atoms with Gasteiger partial charge in [-0.3, -0.25) is 9.10 Å². The summed E-state index contributed by atoms with van der Waals surface area (Å²) in [5.41, 5.74) is 4.23. The minimum atomic E-state index is -3.28. The minimum absolute atomic E-state index is 0.130. The lowest BCUT2D eigenvalue weighted by Gasteiger charge is -2.17. The first-order valence-electron chi connectivity index (χ1n) is 10.1. The molecule has 0 saturated carbocycles. The molecule has 1 aliphatic heterocycles. The third-order valence-corrected chi connectivity index (χ3v) is 8.05. The first-order chi connectivity index (χ1) is 15.2. The van der Waals surface area contributed by atoms with E-state index in [0.717, 1.165) is 22.6 Å². The number of carbonyl (C=O) groups is 1. The van der Waals surface area contributed by atoms with Crippen molar-refractivity contribution in [2.75, 3.05) is 21.9 Å². The third kappa shape index (κ3) is 4.48. The maximum absolute atomic E-state index is 12.8. The van der Waals surface area contributed by atoms with Crippen molar-refractivity contribution in [1.82, 2.24) is 9.78 Å². The first kappa shape index (κ1) is 22.6. The molecule has 1 amide bonds. The van der Waals surface area contributed by atoms with E-state index in [0.29, 0.717) is 34.4 Å². The van der Waals surface area contributed by atoms with Gasteiger partial charge in [0.15, 0.2) is 0 Å². The Kier molecular flexibility index (Phi) is 6.20. The van der Waals surface area contributed by atoms with Crippen LogP contribution in [0, 0.1) is 13.8 Å². The highest BCUT2D eigenvalue weighted by Crippen LogP contribution is 2.28. The van der Waals surface area contributed by atoms with Crippen molar-refractivity contribution in [3.05, 3.63) is 69.5 Å². The van der Waals surface area contributed by atoms with Crippen LogP contribution in [0.1, 0.15) is 23.4 Å². The molecule has 32 heavy (non-hydrogen) atoms. The van der Waals surface area contributed by atoms with E-state index in [4.69, 9.17) is 23.2 Å². The summed E-state index contributed by atoms with van der Waals surface area (Å²) in [6, 6.07) is 12.1. The van der Waals surface area contributed by atoms with Gasteiger partial charge in [-0.2, -0.15) is 5.10 Å². The number of hydrogen-bond acceptors (Lipinski definition) is 4. The fourth-order valence-electron chi connectivity index (χ4n) is 3.83. The number of nitrogens with zero attached hydrogens (tertiary/aromatic N) is 3. The van der Waals surface area contributed by atoms with Crippen LogP contribution in [0.15, 0.2) is 42.5 Å². The summed E-state index contributed by atoms with van der Waals surface area (Å²) in [7, 11) is -3.28. The second-order valence-electron chi connectivity index (χ2n) is 7.68. The second kappa shape index (κ2) is 8.77. The number of hydrogen-bond donors (Lipinski definition) is 1. The molecule has 4 rings (SSSR count). The predicted octanol–water partition coefficient (Wildman–Crippen LogP) is 4.52. The van der Waals surface area contributed by atoms with Gasteiger partial charge in [-0.05, 0) is 56.7 Å². The van der Waals surface area contributed by atoms with Crippen LogP contribution in [0.3, 0.4) is 0 Å². The largest absolute Gasteiger partial charge is 0.326 e. The molecular weight excluding hydrogens is 471 g/mol. The number of sulfonamides is 1. The van der Waals surface area contributed by atoms with Crippen LogP contribution in [-0.4, -0.2) is 36.4 Å². The van der Waals surface area contributed by atoms with Gasteiger partial charge in [-0.15, -0.1) is 0 Å². The van der Waals surface area contributed by atoms with Crippen molar-refractivity contribution in [3.63, 3.8) is 0 Å². The Morgan fingerprint density at radius 2 is 1.88 bits per heavy atom. The normalized spacial score (nSPS) is 15.2. The molecule has 2 aromatic carbocycles. The van der Waals surface area contributed by atoms with Gasteiger partial charge in [-0.1, -0.05) is 29.3 Å². The number of anilines is 2. The molecular formula is C22H22Cl2N4O3S. The second-order valence-corrected chi connectivity index (χ2v) is 10.5.